The fraction of sp³-hybridized carbons (Fsp3) is 0.235. The number of ether oxygens (including phenoxy) is 2. The zero-order valence-corrected chi connectivity index (χ0v) is 13.6. The molecule has 0 aliphatic heterocycles. The molecule has 2 aromatic carbocycles. The van der Waals surface area contributed by atoms with Gasteiger partial charge in [-0.25, -0.2) is 4.79 Å². The molecule has 0 aliphatic carbocycles. The number of esters is 1. The molecule has 0 amide bonds. The second-order valence-electron chi connectivity index (χ2n) is 4.90. The largest absolute Gasteiger partial charge is 0.482 e. The van der Waals surface area contributed by atoms with Crippen molar-refractivity contribution >= 4 is 21.9 Å². The van der Waals surface area contributed by atoms with Gasteiger partial charge in [0.2, 0.25) is 0 Å². The zero-order chi connectivity index (χ0) is 15.2. The summed E-state index contributed by atoms with van der Waals surface area (Å²) in [6.07, 6.45) is 0. The molecule has 0 aromatic heterocycles. The molecule has 4 heteroatoms. The summed E-state index contributed by atoms with van der Waals surface area (Å²) < 4.78 is 11.6. The molecule has 0 bridgehead atoms. The van der Waals surface area contributed by atoms with Crippen molar-refractivity contribution in [1.29, 1.82) is 0 Å². The van der Waals surface area contributed by atoms with E-state index >= 15 is 0 Å². The number of halogens is 1. The summed E-state index contributed by atoms with van der Waals surface area (Å²) in [7, 11) is 0. The summed E-state index contributed by atoms with van der Waals surface area (Å²) in [5.41, 5.74) is 3.15. The molecule has 0 spiro atoms. The van der Waals surface area contributed by atoms with Crippen LogP contribution in [-0.4, -0.2) is 12.6 Å². The van der Waals surface area contributed by atoms with E-state index in [0.29, 0.717) is 5.75 Å². The summed E-state index contributed by atoms with van der Waals surface area (Å²) in [5, 5.41) is 0. The molecule has 2 aromatic rings. The van der Waals surface area contributed by atoms with Gasteiger partial charge < -0.3 is 9.47 Å². The minimum Gasteiger partial charge on any atom is -0.482 e. The minimum atomic E-state index is -0.378. The third-order valence-corrected chi connectivity index (χ3v) is 3.39. The van der Waals surface area contributed by atoms with Crippen molar-refractivity contribution in [3.63, 3.8) is 0 Å². The first-order chi connectivity index (χ1) is 10.0. The van der Waals surface area contributed by atoms with Crippen molar-refractivity contribution in [1.82, 2.24) is 0 Å². The summed E-state index contributed by atoms with van der Waals surface area (Å²) in [4.78, 5) is 11.7. The number of hydrogen-bond donors (Lipinski definition) is 0. The van der Waals surface area contributed by atoms with Crippen molar-refractivity contribution in [2.24, 2.45) is 0 Å². The van der Waals surface area contributed by atoms with Gasteiger partial charge in [0.05, 0.1) is 0 Å². The van der Waals surface area contributed by atoms with Crippen molar-refractivity contribution in [3.8, 4) is 5.75 Å². The number of hydrogen-bond acceptors (Lipinski definition) is 3. The van der Waals surface area contributed by atoms with Gasteiger partial charge in [0.25, 0.3) is 0 Å². The Kier molecular flexibility index (Phi) is 5.39. The molecular formula is C17H17BrO3. The molecule has 0 aliphatic rings. The third-order valence-electron chi connectivity index (χ3n) is 2.86. The highest BCUT2D eigenvalue weighted by molar-refractivity contribution is 9.10. The molecule has 0 atom stereocenters. The van der Waals surface area contributed by atoms with E-state index in [-0.39, 0.29) is 19.2 Å². The van der Waals surface area contributed by atoms with Gasteiger partial charge in [-0.1, -0.05) is 34.1 Å². The predicted octanol–water partition coefficient (Wildman–Crippen LogP) is 4.19. The van der Waals surface area contributed by atoms with E-state index in [0.717, 1.165) is 21.2 Å². The maximum absolute atomic E-state index is 11.7. The minimum absolute atomic E-state index is 0.0839. The molecule has 0 unspecified atom stereocenters. The van der Waals surface area contributed by atoms with Crippen LogP contribution in [0.3, 0.4) is 0 Å². The quantitative estimate of drug-likeness (QED) is 0.760. The van der Waals surface area contributed by atoms with Crippen LogP contribution >= 0.6 is 15.9 Å². The first kappa shape index (κ1) is 15.6. The number of benzene rings is 2. The highest BCUT2D eigenvalue weighted by atomic mass is 79.9. The molecule has 21 heavy (non-hydrogen) atoms. The van der Waals surface area contributed by atoms with E-state index in [2.05, 4.69) is 22.0 Å². The molecule has 0 radical (unpaired) electrons. The van der Waals surface area contributed by atoms with Crippen LogP contribution in [0.2, 0.25) is 0 Å². The molecule has 2 rings (SSSR count). The van der Waals surface area contributed by atoms with Gasteiger partial charge in [0, 0.05) is 4.47 Å². The Morgan fingerprint density at radius 1 is 1.05 bits per heavy atom. The van der Waals surface area contributed by atoms with Crippen LogP contribution in [0.1, 0.15) is 16.7 Å². The van der Waals surface area contributed by atoms with Gasteiger partial charge in [-0.3, -0.25) is 0 Å². The van der Waals surface area contributed by atoms with E-state index in [1.807, 2.05) is 50.2 Å². The lowest BCUT2D eigenvalue weighted by atomic mass is 10.1. The van der Waals surface area contributed by atoms with Crippen LogP contribution in [-0.2, 0) is 16.1 Å². The fourth-order valence-electron chi connectivity index (χ4n) is 1.94. The highest BCUT2D eigenvalue weighted by Crippen LogP contribution is 2.16. The SMILES string of the molecule is Cc1cc(C)cc(OCC(=O)OCc2ccc(Br)cc2)c1. The average molecular weight is 349 g/mol. The van der Waals surface area contributed by atoms with Gasteiger partial charge in [0.15, 0.2) is 6.61 Å². The second kappa shape index (κ2) is 7.27. The first-order valence-electron chi connectivity index (χ1n) is 6.64. The van der Waals surface area contributed by atoms with Crippen LogP contribution in [0.5, 0.6) is 5.75 Å². The van der Waals surface area contributed by atoms with Crippen LogP contribution in [0, 0.1) is 13.8 Å². The lowest BCUT2D eigenvalue weighted by Gasteiger charge is -2.08. The second-order valence-corrected chi connectivity index (χ2v) is 5.81. The summed E-state index contributed by atoms with van der Waals surface area (Å²) in [6, 6.07) is 13.5. The number of aryl methyl sites for hydroxylation is 2. The Hall–Kier alpha value is -1.81. The zero-order valence-electron chi connectivity index (χ0n) is 12.1. The highest BCUT2D eigenvalue weighted by Gasteiger charge is 2.05. The topological polar surface area (TPSA) is 35.5 Å². The van der Waals surface area contributed by atoms with Crippen LogP contribution in [0.25, 0.3) is 0 Å². The Balaban J connectivity index is 1.80. The van der Waals surface area contributed by atoms with E-state index in [1.165, 1.54) is 0 Å². The fourth-order valence-corrected chi connectivity index (χ4v) is 2.21. The molecule has 110 valence electrons. The van der Waals surface area contributed by atoms with Crippen LogP contribution in [0.15, 0.2) is 46.9 Å². The van der Waals surface area contributed by atoms with Crippen molar-refractivity contribution in [2.45, 2.75) is 20.5 Å². The van der Waals surface area contributed by atoms with Crippen molar-refractivity contribution in [3.05, 3.63) is 63.6 Å². The van der Waals surface area contributed by atoms with E-state index < -0.39 is 0 Å². The third kappa shape index (κ3) is 5.23. The molecule has 0 saturated heterocycles. The lowest BCUT2D eigenvalue weighted by molar-refractivity contribution is -0.147. The Morgan fingerprint density at radius 2 is 1.67 bits per heavy atom. The number of carbonyl (C=O) groups is 1. The number of rotatable bonds is 5. The van der Waals surface area contributed by atoms with Gasteiger partial charge in [-0.15, -0.1) is 0 Å². The maximum atomic E-state index is 11.7. The van der Waals surface area contributed by atoms with Gasteiger partial charge in [0.1, 0.15) is 12.4 Å². The Bertz CT molecular complexity index is 600. The van der Waals surface area contributed by atoms with Gasteiger partial charge in [-0.05, 0) is 54.8 Å². The smallest absolute Gasteiger partial charge is 0.344 e. The molecular weight excluding hydrogens is 332 g/mol. The van der Waals surface area contributed by atoms with E-state index in [1.54, 1.807) is 0 Å². The normalized spacial score (nSPS) is 10.2. The number of carbonyl (C=O) groups excluding carboxylic acids is 1. The first-order valence-corrected chi connectivity index (χ1v) is 7.43. The maximum Gasteiger partial charge on any atom is 0.344 e. The van der Waals surface area contributed by atoms with E-state index in [9.17, 15) is 4.79 Å². The molecule has 3 nitrogen and oxygen atoms in total. The van der Waals surface area contributed by atoms with Gasteiger partial charge in [-0.2, -0.15) is 0 Å². The van der Waals surface area contributed by atoms with Crippen molar-refractivity contribution < 1.29 is 14.3 Å². The lowest BCUT2D eigenvalue weighted by Crippen LogP contribution is -2.14. The monoisotopic (exact) mass is 348 g/mol. The molecule has 0 heterocycles. The van der Waals surface area contributed by atoms with Crippen LogP contribution < -0.4 is 4.74 Å². The average Bonchev–Trinajstić information content (AvgIpc) is 2.43. The summed E-state index contributed by atoms with van der Waals surface area (Å²) in [5.74, 6) is 0.310. The Morgan fingerprint density at radius 3 is 2.29 bits per heavy atom. The van der Waals surface area contributed by atoms with E-state index in [4.69, 9.17) is 9.47 Å². The summed E-state index contributed by atoms with van der Waals surface area (Å²) in [6.45, 7) is 4.15. The van der Waals surface area contributed by atoms with Crippen LogP contribution in [0.4, 0.5) is 0 Å². The summed E-state index contributed by atoms with van der Waals surface area (Å²) >= 11 is 3.36. The van der Waals surface area contributed by atoms with Crippen molar-refractivity contribution in [2.75, 3.05) is 6.61 Å². The predicted molar refractivity (Wildman–Crippen MR) is 85.3 cm³/mol. The molecule has 0 saturated carbocycles. The Labute approximate surface area is 133 Å². The molecule has 0 N–H and O–H groups in total. The van der Waals surface area contributed by atoms with Gasteiger partial charge >= 0.3 is 5.97 Å². The molecule has 0 fully saturated rings. The standard InChI is InChI=1S/C17H17BrO3/c1-12-7-13(2)9-16(8-12)20-11-17(19)21-10-14-3-5-15(18)6-4-14/h3-9H,10-11H2,1-2H3.